The number of rotatable bonds is 4. The van der Waals surface area contributed by atoms with Gasteiger partial charge in [-0.25, -0.2) is 9.78 Å². The fourth-order valence-corrected chi connectivity index (χ4v) is 5.23. The number of morpholine rings is 1. The van der Waals surface area contributed by atoms with E-state index in [2.05, 4.69) is 29.2 Å². The Labute approximate surface area is 201 Å². The molecule has 0 spiro atoms. The number of ether oxygens (including phenoxy) is 2. The van der Waals surface area contributed by atoms with E-state index in [-0.39, 0.29) is 42.7 Å². The number of amides is 1. The summed E-state index contributed by atoms with van der Waals surface area (Å²) in [5.74, 6) is -0.0572. The second-order valence-corrected chi connectivity index (χ2v) is 8.92. The highest BCUT2D eigenvalue weighted by molar-refractivity contribution is 6.32. The van der Waals surface area contributed by atoms with Gasteiger partial charge in [-0.05, 0) is 39.9 Å². The van der Waals surface area contributed by atoms with Crippen LogP contribution in [0.3, 0.4) is 0 Å². The van der Waals surface area contributed by atoms with Crippen molar-refractivity contribution in [1.29, 1.82) is 0 Å². The maximum Gasteiger partial charge on any atom is 0.410 e. The Kier molecular flexibility index (Phi) is 6.25. The summed E-state index contributed by atoms with van der Waals surface area (Å²) < 4.78 is 11.5. The molecule has 2 heterocycles. The van der Waals surface area contributed by atoms with Gasteiger partial charge in [-0.2, -0.15) is 0 Å². The number of halogens is 2. The zero-order valence-electron chi connectivity index (χ0n) is 17.7. The van der Waals surface area contributed by atoms with Gasteiger partial charge in [0.25, 0.3) is 0 Å². The summed E-state index contributed by atoms with van der Waals surface area (Å²) in [7, 11) is 0. The number of carbonyl (C=O) groups is 1. The van der Waals surface area contributed by atoms with E-state index in [1.165, 1.54) is 4.90 Å². The Morgan fingerprint density at radius 3 is 2.24 bits per heavy atom. The van der Waals surface area contributed by atoms with Crippen molar-refractivity contribution in [2.45, 2.75) is 18.0 Å². The number of nitrogens with zero attached hydrogens (tertiary/aromatic N) is 2. The number of carbonyl (C=O) groups excluding carboxylic acids is 1. The Balaban J connectivity index is 1.41. The molecule has 1 aromatic heterocycles. The number of fused-ring (bicyclic) bond motifs is 3. The highest BCUT2D eigenvalue weighted by atomic mass is 35.5. The van der Waals surface area contributed by atoms with E-state index in [9.17, 15) is 9.90 Å². The third-order valence-electron chi connectivity index (χ3n) is 6.24. The molecular weight excluding hydrogens is 463 g/mol. The van der Waals surface area contributed by atoms with Crippen LogP contribution in [0, 0.1) is 0 Å². The van der Waals surface area contributed by atoms with Crippen LogP contribution in [0.4, 0.5) is 4.79 Å². The molecule has 6 nitrogen and oxygen atoms in total. The molecule has 1 aliphatic carbocycles. The van der Waals surface area contributed by atoms with Crippen LogP contribution in [0.25, 0.3) is 11.1 Å². The normalized spacial score (nSPS) is 19.8. The summed E-state index contributed by atoms with van der Waals surface area (Å²) in [6.45, 7) is 0.376. The predicted molar refractivity (Wildman–Crippen MR) is 126 cm³/mol. The molecule has 2 aromatic carbocycles. The molecule has 170 valence electrons. The van der Waals surface area contributed by atoms with Gasteiger partial charge in [0.1, 0.15) is 16.9 Å². The first-order valence-corrected chi connectivity index (χ1v) is 11.5. The minimum absolute atomic E-state index is 0.0572. The molecule has 8 heteroatoms. The van der Waals surface area contributed by atoms with Crippen molar-refractivity contribution >= 4 is 29.3 Å². The van der Waals surface area contributed by atoms with Crippen LogP contribution in [-0.4, -0.2) is 53.6 Å². The molecule has 2 aliphatic rings. The second kappa shape index (κ2) is 9.31. The monoisotopic (exact) mass is 484 g/mol. The van der Waals surface area contributed by atoms with Crippen molar-refractivity contribution in [2.75, 3.05) is 26.4 Å². The number of pyridine rings is 1. The second-order valence-electron chi connectivity index (χ2n) is 8.15. The average Bonchev–Trinajstić information content (AvgIpc) is 3.15. The van der Waals surface area contributed by atoms with Gasteiger partial charge in [0, 0.05) is 5.92 Å². The minimum atomic E-state index is -0.551. The van der Waals surface area contributed by atoms with E-state index in [1.54, 1.807) is 12.1 Å². The molecule has 3 aromatic rings. The third-order valence-corrected chi connectivity index (χ3v) is 6.63. The first kappa shape index (κ1) is 22.2. The van der Waals surface area contributed by atoms with Crippen molar-refractivity contribution in [2.24, 2.45) is 0 Å². The van der Waals surface area contributed by atoms with Crippen LogP contribution in [0.2, 0.25) is 10.3 Å². The third kappa shape index (κ3) is 4.20. The average molecular weight is 485 g/mol. The van der Waals surface area contributed by atoms with Gasteiger partial charge in [0.05, 0.1) is 31.9 Å². The molecule has 33 heavy (non-hydrogen) atoms. The van der Waals surface area contributed by atoms with Crippen molar-refractivity contribution in [3.8, 4) is 11.1 Å². The van der Waals surface area contributed by atoms with Gasteiger partial charge in [-0.15, -0.1) is 0 Å². The number of hydrogen-bond donors (Lipinski definition) is 1. The van der Waals surface area contributed by atoms with E-state index in [4.69, 9.17) is 32.7 Å². The van der Waals surface area contributed by atoms with Crippen molar-refractivity contribution in [1.82, 2.24) is 9.88 Å². The number of aliphatic hydroxyl groups excluding tert-OH is 1. The van der Waals surface area contributed by atoms with Gasteiger partial charge in [-0.3, -0.25) is 4.90 Å². The van der Waals surface area contributed by atoms with Crippen LogP contribution < -0.4 is 0 Å². The summed E-state index contributed by atoms with van der Waals surface area (Å²) >= 11 is 12.2. The first-order valence-electron chi connectivity index (χ1n) is 10.7. The SMILES string of the molecule is O=C(OCC1c2ccccc2-c2ccccc21)N1[C@H](CO)COC[C@H]1c1cc(Cl)nc(Cl)c1. The first-order chi connectivity index (χ1) is 16.1. The largest absolute Gasteiger partial charge is 0.448 e. The number of benzene rings is 2. The lowest BCUT2D eigenvalue weighted by molar-refractivity contribution is -0.0602. The van der Waals surface area contributed by atoms with Crippen molar-refractivity contribution < 1.29 is 19.4 Å². The van der Waals surface area contributed by atoms with Gasteiger partial charge in [0.2, 0.25) is 0 Å². The van der Waals surface area contributed by atoms with Crippen LogP contribution in [0.5, 0.6) is 0 Å². The molecule has 0 bridgehead atoms. The van der Waals surface area contributed by atoms with Crippen LogP contribution in [-0.2, 0) is 9.47 Å². The summed E-state index contributed by atoms with van der Waals surface area (Å²) in [5, 5.41) is 10.4. The van der Waals surface area contributed by atoms with Gasteiger partial charge in [0.15, 0.2) is 0 Å². The molecule has 5 rings (SSSR count). The Morgan fingerprint density at radius 1 is 1.03 bits per heavy atom. The molecular formula is C25H22Cl2N2O4. The molecule has 0 unspecified atom stereocenters. The van der Waals surface area contributed by atoms with Crippen molar-refractivity contribution in [3.63, 3.8) is 0 Å². The lowest BCUT2D eigenvalue weighted by atomic mass is 9.98. The highest BCUT2D eigenvalue weighted by Gasteiger charge is 2.38. The highest BCUT2D eigenvalue weighted by Crippen LogP contribution is 2.44. The van der Waals surface area contributed by atoms with E-state index in [0.717, 1.165) is 22.3 Å². The predicted octanol–water partition coefficient (Wildman–Crippen LogP) is 5.07. The van der Waals surface area contributed by atoms with Gasteiger partial charge < -0.3 is 14.6 Å². The van der Waals surface area contributed by atoms with Crippen LogP contribution in [0.15, 0.2) is 60.7 Å². The Morgan fingerprint density at radius 2 is 1.64 bits per heavy atom. The molecule has 1 fully saturated rings. The zero-order valence-corrected chi connectivity index (χ0v) is 19.2. The number of aromatic nitrogens is 1. The molecule has 1 aliphatic heterocycles. The molecule has 1 amide bonds. The lowest BCUT2D eigenvalue weighted by Crippen LogP contribution is -2.52. The Bertz CT molecular complexity index is 1120. The summed E-state index contributed by atoms with van der Waals surface area (Å²) in [6, 6.07) is 18.6. The molecule has 1 saturated heterocycles. The summed E-state index contributed by atoms with van der Waals surface area (Å²) in [4.78, 5) is 18.9. The summed E-state index contributed by atoms with van der Waals surface area (Å²) in [5.41, 5.74) is 5.26. The fraction of sp³-hybridized carbons (Fsp3) is 0.280. The van der Waals surface area contributed by atoms with E-state index in [1.807, 2.05) is 24.3 Å². The zero-order chi connectivity index (χ0) is 22.9. The van der Waals surface area contributed by atoms with E-state index >= 15 is 0 Å². The minimum Gasteiger partial charge on any atom is -0.448 e. The number of aliphatic hydroxyl groups is 1. The quantitative estimate of drug-likeness (QED) is 0.523. The topological polar surface area (TPSA) is 71.9 Å². The van der Waals surface area contributed by atoms with Crippen LogP contribution >= 0.6 is 23.2 Å². The maximum absolute atomic E-state index is 13.4. The molecule has 0 radical (unpaired) electrons. The molecule has 2 atom stereocenters. The lowest BCUT2D eigenvalue weighted by Gasteiger charge is -2.40. The maximum atomic E-state index is 13.4. The standard InChI is InChI=1S/C25H22Cl2N2O4/c26-23-9-15(10-24(27)28-23)22-14-32-12-16(11-30)29(22)25(31)33-13-21-19-7-3-1-5-17(19)18-6-2-4-8-20(18)21/h1-10,16,21-22,30H,11-14H2/t16-,22+/m1/s1. The van der Waals surface area contributed by atoms with Gasteiger partial charge >= 0.3 is 6.09 Å². The Hall–Kier alpha value is -2.64. The molecule has 1 N–H and O–H groups in total. The summed E-state index contributed by atoms with van der Waals surface area (Å²) in [6.07, 6.45) is -0.520. The van der Waals surface area contributed by atoms with E-state index in [0.29, 0.717) is 5.56 Å². The van der Waals surface area contributed by atoms with Crippen molar-refractivity contribution in [3.05, 3.63) is 87.7 Å². The number of hydrogen-bond acceptors (Lipinski definition) is 5. The van der Waals surface area contributed by atoms with Crippen LogP contribution in [0.1, 0.15) is 28.7 Å². The smallest absolute Gasteiger partial charge is 0.410 e. The fourth-order valence-electron chi connectivity index (χ4n) is 4.75. The van der Waals surface area contributed by atoms with E-state index < -0.39 is 18.2 Å². The van der Waals surface area contributed by atoms with Gasteiger partial charge in [-0.1, -0.05) is 71.7 Å². The molecule has 0 saturated carbocycles.